The first-order valence-electron chi connectivity index (χ1n) is 20.4. The van der Waals surface area contributed by atoms with Crippen molar-refractivity contribution in [3.8, 4) is 0 Å². The number of unbranched alkanes of at least 4 members (excludes halogenated alkanes) is 15. The molecule has 0 amide bonds. The number of rotatable bonds is 37. The summed E-state index contributed by atoms with van der Waals surface area (Å²) >= 11 is 0. The molecule has 0 aromatic rings. The number of ether oxygens (including phenoxy) is 2. The predicted octanol–water partition coefficient (Wildman–Crippen LogP) is 11.6. The van der Waals surface area contributed by atoms with E-state index in [1.54, 1.807) is 0 Å². The van der Waals surface area contributed by atoms with Crippen LogP contribution >= 0.6 is 7.82 Å². The van der Waals surface area contributed by atoms with Crippen molar-refractivity contribution in [2.75, 3.05) is 54.1 Å². The molecule has 0 saturated heterocycles. The summed E-state index contributed by atoms with van der Waals surface area (Å²) in [6.07, 6.45) is 41.3. The Balaban J connectivity index is 4.32. The third-order valence-corrected chi connectivity index (χ3v) is 9.33. The van der Waals surface area contributed by atoms with E-state index in [9.17, 15) is 14.3 Å². The van der Waals surface area contributed by atoms with E-state index in [0.717, 1.165) is 77.0 Å². The van der Waals surface area contributed by atoms with Crippen LogP contribution < -0.4 is 0 Å². The molecule has 0 bridgehead atoms. The number of quaternary nitrogens is 1. The highest BCUT2D eigenvalue weighted by atomic mass is 31.2. The second-order valence-corrected chi connectivity index (χ2v) is 16.1. The van der Waals surface area contributed by atoms with E-state index < -0.39 is 13.9 Å². The molecular formula is C42H79NO7P+. The number of phosphoric acid groups is 1. The van der Waals surface area contributed by atoms with Crippen LogP contribution in [-0.2, 0) is 27.9 Å². The van der Waals surface area contributed by atoms with Crippen molar-refractivity contribution in [2.45, 2.75) is 161 Å². The molecule has 0 aliphatic carbocycles. The minimum atomic E-state index is -4.28. The van der Waals surface area contributed by atoms with Crippen LogP contribution in [0.3, 0.4) is 0 Å². The van der Waals surface area contributed by atoms with E-state index >= 15 is 0 Å². The largest absolute Gasteiger partial charge is 0.472 e. The molecule has 1 N–H and O–H groups in total. The van der Waals surface area contributed by atoms with Crippen molar-refractivity contribution < 1.29 is 37.3 Å². The number of allylic oxidation sites excluding steroid dienone is 8. The molecule has 0 rings (SSSR count). The maximum Gasteiger partial charge on any atom is 0.472 e. The number of nitrogens with zero attached hydrogens (tertiary/aromatic N) is 1. The first kappa shape index (κ1) is 49.5. The summed E-state index contributed by atoms with van der Waals surface area (Å²) in [6, 6.07) is 0. The van der Waals surface area contributed by atoms with E-state index in [1.165, 1.54) is 57.8 Å². The monoisotopic (exact) mass is 741 g/mol. The molecule has 9 heteroatoms. The number of likely N-dealkylation sites (N-methyl/N-ethyl adjacent to an activating group) is 1. The second-order valence-electron chi connectivity index (χ2n) is 14.7. The Morgan fingerprint density at radius 2 is 1.12 bits per heavy atom. The van der Waals surface area contributed by atoms with Gasteiger partial charge in [0.15, 0.2) is 0 Å². The van der Waals surface area contributed by atoms with Crippen molar-refractivity contribution in [3.63, 3.8) is 0 Å². The third kappa shape index (κ3) is 39.5. The van der Waals surface area contributed by atoms with Gasteiger partial charge in [0.25, 0.3) is 0 Å². The molecule has 0 aliphatic heterocycles. The molecule has 8 nitrogen and oxygen atoms in total. The standard InChI is InChI=1S/C42H78NO7P/c1-6-8-10-12-14-16-18-20-21-22-24-26-28-30-32-34-37-47-39-41(40-49-51(45,46)48-38-36-43(3,4)5)50-42(44)35-33-31-29-27-25-23-19-17-15-13-11-9-7-2/h11,13-14,16-17,19-21,41H,6-10,12,15,18,22-40H2,1-5H3/p+1/b13-11-,16-14-,19-17-,21-20-. The van der Waals surface area contributed by atoms with Crippen LogP contribution in [0.2, 0.25) is 0 Å². The Morgan fingerprint density at radius 1 is 0.608 bits per heavy atom. The van der Waals surface area contributed by atoms with Gasteiger partial charge in [-0.2, -0.15) is 0 Å². The van der Waals surface area contributed by atoms with Crippen LogP contribution in [-0.4, -0.2) is 75.6 Å². The minimum Gasteiger partial charge on any atom is -0.457 e. The van der Waals surface area contributed by atoms with Crippen molar-refractivity contribution >= 4 is 13.8 Å². The fourth-order valence-electron chi connectivity index (χ4n) is 5.15. The van der Waals surface area contributed by atoms with Gasteiger partial charge in [-0.1, -0.05) is 127 Å². The van der Waals surface area contributed by atoms with Gasteiger partial charge in [-0.05, 0) is 70.6 Å². The van der Waals surface area contributed by atoms with Gasteiger partial charge < -0.3 is 18.9 Å². The number of carbonyl (C=O) groups is 1. The fourth-order valence-corrected chi connectivity index (χ4v) is 5.89. The molecule has 0 radical (unpaired) electrons. The normalized spacial score (nSPS) is 14.4. The molecule has 0 aliphatic rings. The molecular weight excluding hydrogens is 661 g/mol. The van der Waals surface area contributed by atoms with Gasteiger partial charge in [0, 0.05) is 13.0 Å². The molecule has 0 saturated carbocycles. The van der Waals surface area contributed by atoms with E-state index in [-0.39, 0.29) is 25.8 Å². The Hall–Kier alpha value is -1.54. The van der Waals surface area contributed by atoms with Gasteiger partial charge in [0.2, 0.25) is 0 Å². The summed E-state index contributed by atoms with van der Waals surface area (Å²) < 4.78 is 34.9. The summed E-state index contributed by atoms with van der Waals surface area (Å²) in [7, 11) is 1.64. The van der Waals surface area contributed by atoms with Crippen LogP contribution in [0.5, 0.6) is 0 Å². The Labute approximate surface area is 314 Å². The molecule has 0 heterocycles. The average molecular weight is 741 g/mol. The fraction of sp³-hybridized carbons (Fsp3) is 0.786. The maximum atomic E-state index is 12.6. The quantitative estimate of drug-likeness (QED) is 0.0223. The zero-order valence-electron chi connectivity index (χ0n) is 33.6. The van der Waals surface area contributed by atoms with E-state index in [4.69, 9.17) is 18.5 Å². The van der Waals surface area contributed by atoms with Gasteiger partial charge in [-0.15, -0.1) is 0 Å². The van der Waals surface area contributed by atoms with Crippen molar-refractivity contribution in [2.24, 2.45) is 0 Å². The van der Waals surface area contributed by atoms with Crippen LogP contribution in [0.15, 0.2) is 48.6 Å². The van der Waals surface area contributed by atoms with E-state index in [1.807, 2.05) is 21.1 Å². The zero-order chi connectivity index (χ0) is 37.7. The molecule has 0 fully saturated rings. The third-order valence-electron chi connectivity index (χ3n) is 8.34. The van der Waals surface area contributed by atoms with Crippen LogP contribution in [0, 0.1) is 0 Å². The Kier molecular flexibility index (Phi) is 34.4. The summed E-state index contributed by atoms with van der Waals surface area (Å²) in [5.41, 5.74) is 0. The number of carbonyl (C=O) groups excluding carboxylic acids is 1. The lowest BCUT2D eigenvalue weighted by atomic mass is 10.1. The molecule has 0 spiro atoms. The Bertz CT molecular complexity index is 957. The number of phosphoric ester groups is 1. The number of esters is 1. The lowest BCUT2D eigenvalue weighted by molar-refractivity contribution is -0.870. The first-order chi connectivity index (χ1) is 24.6. The predicted molar refractivity (Wildman–Crippen MR) is 215 cm³/mol. The summed E-state index contributed by atoms with van der Waals surface area (Å²) in [6.45, 7) is 5.47. The smallest absolute Gasteiger partial charge is 0.457 e. The molecule has 51 heavy (non-hydrogen) atoms. The Morgan fingerprint density at radius 3 is 1.67 bits per heavy atom. The van der Waals surface area contributed by atoms with Crippen molar-refractivity contribution in [3.05, 3.63) is 48.6 Å². The van der Waals surface area contributed by atoms with E-state index in [2.05, 4.69) is 62.5 Å². The molecule has 298 valence electrons. The van der Waals surface area contributed by atoms with Gasteiger partial charge in [0.05, 0.1) is 34.4 Å². The van der Waals surface area contributed by atoms with Crippen LogP contribution in [0.4, 0.5) is 0 Å². The summed E-state index contributed by atoms with van der Waals surface area (Å²) in [5, 5.41) is 0. The SMILES string of the molecule is CCC/C=C\C/C=C\CCCCCCCC(=O)OC(COCCCCCCCC/C=C\C/C=C\CCCCC)COP(=O)(O)OCC[N+](C)(C)C. The van der Waals surface area contributed by atoms with Crippen LogP contribution in [0.25, 0.3) is 0 Å². The molecule has 2 atom stereocenters. The number of hydrogen-bond donors (Lipinski definition) is 1. The highest BCUT2D eigenvalue weighted by Gasteiger charge is 2.26. The topological polar surface area (TPSA) is 91.3 Å². The average Bonchev–Trinajstić information content (AvgIpc) is 3.08. The lowest BCUT2D eigenvalue weighted by Gasteiger charge is -2.24. The molecule has 0 aromatic heterocycles. The maximum absolute atomic E-state index is 12.6. The zero-order valence-corrected chi connectivity index (χ0v) is 34.5. The molecule has 0 aromatic carbocycles. The lowest BCUT2D eigenvalue weighted by Crippen LogP contribution is -2.37. The van der Waals surface area contributed by atoms with E-state index in [0.29, 0.717) is 24.1 Å². The minimum absolute atomic E-state index is 0.0818. The van der Waals surface area contributed by atoms with Crippen LogP contribution in [0.1, 0.15) is 155 Å². The molecule has 2 unspecified atom stereocenters. The second kappa shape index (κ2) is 35.5. The van der Waals surface area contributed by atoms with Gasteiger partial charge in [-0.25, -0.2) is 4.57 Å². The first-order valence-corrected chi connectivity index (χ1v) is 21.9. The van der Waals surface area contributed by atoms with Crippen molar-refractivity contribution in [1.29, 1.82) is 0 Å². The summed E-state index contributed by atoms with van der Waals surface area (Å²) in [4.78, 5) is 22.8. The van der Waals surface area contributed by atoms with Gasteiger partial charge >= 0.3 is 13.8 Å². The highest BCUT2D eigenvalue weighted by Crippen LogP contribution is 2.43. The highest BCUT2D eigenvalue weighted by molar-refractivity contribution is 7.47. The number of hydrogen-bond acceptors (Lipinski definition) is 6. The van der Waals surface area contributed by atoms with Crippen molar-refractivity contribution in [1.82, 2.24) is 0 Å². The van der Waals surface area contributed by atoms with Gasteiger partial charge in [-0.3, -0.25) is 13.8 Å². The van der Waals surface area contributed by atoms with Gasteiger partial charge in [0.1, 0.15) is 19.3 Å². The summed E-state index contributed by atoms with van der Waals surface area (Å²) in [5.74, 6) is -0.335.